The van der Waals surface area contributed by atoms with Gasteiger partial charge in [-0.3, -0.25) is 9.98 Å². The van der Waals surface area contributed by atoms with Crippen LogP contribution in [0.25, 0.3) is 0 Å². The number of unbranched alkanes of at least 4 members (excludes halogenated alkanes) is 29. The highest BCUT2D eigenvalue weighted by molar-refractivity contribution is 6.43. The van der Waals surface area contributed by atoms with Crippen molar-refractivity contribution >= 4 is 22.8 Å². The Balaban J connectivity index is 2.24. The molecule has 0 saturated heterocycles. The molecule has 0 aromatic heterocycles. The van der Waals surface area contributed by atoms with Gasteiger partial charge in [-0.05, 0) is 113 Å². The number of benzene rings is 2. The number of para-hydroxylation sites is 2. The number of nitrogens with zero attached hydrogens (tertiary/aromatic N) is 2. The van der Waals surface area contributed by atoms with Crippen LogP contribution in [-0.2, 0) is 12.8 Å². The maximum absolute atomic E-state index is 5.66. The third kappa shape index (κ3) is 31.7. The summed E-state index contributed by atoms with van der Waals surface area (Å²) in [5, 5.41) is 0. The topological polar surface area (TPSA) is 24.7 Å². The zero-order valence-corrected chi connectivity index (χ0v) is 42.4. The van der Waals surface area contributed by atoms with E-state index in [9.17, 15) is 0 Å². The van der Waals surface area contributed by atoms with Crippen molar-refractivity contribution in [1.82, 2.24) is 0 Å². The SMILES string of the molecule is CCCCCCC/C=C/CCCc1ccccc1N=C(CCCCCCCC)C(CCCCCCCCCCCCCCC)=Nc1ccccc1CCC/C=C/CCCCCCC. The minimum atomic E-state index is 1.02. The molecule has 0 heterocycles. The molecule has 63 heavy (non-hydrogen) atoms. The fourth-order valence-corrected chi connectivity index (χ4v) is 8.89. The fourth-order valence-electron chi connectivity index (χ4n) is 8.89. The molecule has 356 valence electrons. The minimum Gasteiger partial charge on any atom is -0.251 e. The summed E-state index contributed by atoms with van der Waals surface area (Å²) in [4.78, 5) is 11.3. The Labute approximate surface area is 393 Å². The molecule has 2 aromatic rings. The maximum atomic E-state index is 5.66. The van der Waals surface area contributed by atoms with Gasteiger partial charge in [0.05, 0.1) is 22.8 Å². The molecule has 2 heteroatoms. The molecule has 0 N–H and O–H groups in total. The quantitative estimate of drug-likeness (QED) is 0.0360. The summed E-state index contributed by atoms with van der Waals surface area (Å²) in [6.07, 6.45) is 60.3. The van der Waals surface area contributed by atoms with Crippen molar-refractivity contribution in [2.45, 2.75) is 278 Å². The summed E-state index contributed by atoms with van der Waals surface area (Å²) in [7, 11) is 0. The van der Waals surface area contributed by atoms with Crippen LogP contribution in [0.4, 0.5) is 11.4 Å². The van der Waals surface area contributed by atoms with Crippen molar-refractivity contribution in [2.24, 2.45) is 9.98 Å². The van der Waals surface area contributed by atoms with Gasteiger partial charge in [0.15, 0.2) is 0 Å². The van der Waals surface area contributed by atoms with Crippen LogP contribution in [0.1, 0.15) is 276 Å². The van der Waals surface area contributed by atoms with Crippen molar-refractivity contribution in [2.75, 3.05) is 0 Å². The standard InChI is InChI=1S/C61H102N2/c1-5-9-13-17-21-24-27-28-29-32-35-39-43-55-61(63-59-53-47-45-51-57(59)49-41-37-34-31-26-23-19-15-11-7-3)60(54-42-38-20-16-12-8-4)62-58-52-46-44-50-56(58)48-40-36-33-30-25-22-18-14-10-6-2/h30-31,33-34,44-47,50-53H,5-29,32,35-43,48-49,54-55H2,1-4H3/b33-30+,34-31+,62-60?,63-61?. The molecule has 2 rings (SSSR count). The molecule has 0 atom stereocenters. The molecule has 0 aliphatic heterocycles. The van der Waals surface area contributed by atoms with Crippen LogP contribution in [-0.4, -0.2) is 11.4 Å². The second-order valence-corrected chi connectivity index (χ2v) is 19.0. The minimum absolute atomic E-state index is 1.02. The Kier molecular flexibility index (Phi) is 38.6. The third-order valence-corrected chi connectivity index (χ3v) is 13.0. The Hall–Kier alpha value is -2.74. The normalized spacial score (nSPS) is 12.4. The van der Waals surface area contributed by atoms with E-state index in [4.69, 9.17) is 9.98 Å². The number of aryl methyl sites for hydroxylation is 2. The average molecular weight is 864 g/mol. The monoisotopic (exact) mass is 863 g/mol. The van der Waals surface area contributed by atoms with Crippen molar-refractivity contribution in [3.63, 3.8) is 0 Å². The zero-order valence-electron chi connectivity index (χ0n) is 42.4. The highest BCUT2D eigenvalue weighted by atomic mass is 14.8. The molecular formula is C61H102N2. The second-order valence-electron chi connectivity index (χ2n) is 19.0. The van der Waals surface area contributed by atoms with Crippen molar-refractivity contribution in [3.05, 3.63) is 84.0 Å². The van der Waals surface area contributed by atoms with Gasteiger partial charge in [0, 0.05) is 0 Å². The van der Waals surface area contributed by atoms with Gasteiger partial charge < -0.3 is 0 Å². The van der Waals surface area contributed by atoms with Gasteiger partial charge >= 0.3 is 0 Å². The second kappa shape index (κ2) is 43.2. The van der Waals surface area contributed by atoms with Gasteiger partial charge in [-0.25, -0.2) is 0 Å². The summed E-state index contributed by atoms with van der Waals surface area (Å²) < 4.78 is 0. The first-order valence-electron chi connectivity index (χ1n) is 27.8. The molecule has 0 radical (unpaired) electrons. The van der Waals surface area contributed by atoms with E-state index in [0.717, 1.165) is 38.5 Å². The van der Waals surface area contributed by atoms with E-state index in [0.29, 0.717) is 0 Å². The summed E-state index contributed by atoms with van der Waals surface area (Å²) in [6.45, 7) is 9.23. The van der Waals surface area contributed by atoms with Crippen LogP contribution < -0.4 is 0 Å². The van der Waals surface area contributed by atoms with E-state index < -0.39 is 0 Å². The number of rotatable bonds is 44. The van der Waals surface area contributed by atoms with E-state index in [1.807, 2.05) is 0 Å². The first-order valence-corrected chi connectivity index (χ1v) is 27.8. The number of hydrogen-bond donors (Lipinski definition) is 0. The Morgan fingerprint density at radius 2 is 0.587 bits per heavy atom. The van der Waals surface area contributed by atoms with Gasteiger partial charge in [-0.1, -0.05) is 249 Å². The Morgan fingerprint density at radius 1 is 0.317 bits per heavy atom. The first kappa shape index (κ1) is 56.4. The van der Waals surface area contributed by atoms with E-state index in [2.05, 4.69) is 101 Å². The lowest BCUT2D eigenvalue weighted by Crippen LogP contribution is -2.15. The maximum Gasteiger partial charge on any atom is 0.0665 e. The van der Waals surface area contributed by atoms with E-state index in [-0.39, 0.29) is 0 Å². The van der Waals surface area contributed by atoms with Crippen molar-refractivity contribution < 1.29 is 0 Å². The van der Waals surface area contributed by atoms with Gasteiger partial charge in [0.25, 0.3) is 0 Å². The molecule has 0 saturated carbocycles. The summed E-state index contributed by atoms with van der Waals surface area (Å²) >= 11 is 0. The predicted molar refractivity (Wildman–Crippen MR) is 286 cm³/mol. The lowest BCUT2D eigenvalue weighted by Gasteiger charge is -2.14. The summed E-state index contributed by atoms with van der Waals surface area (Å²) in [5.41, 5.74) is 7.61. The lowest BCUT2D eigenvalue weighted by atomic mass is 9.99. The molecule has 0 amide bonds. The lowest BCUT2D eigenvalue weighted by molar-refractivity contribution is 0.541. The van der Waals surface area contributed by atoms with E-state index in [1.165, 1.54) is 246 Å². The molecule has 2 aromatic carbocycles. The molecule has 0 aliphatic rings. The van der Waals surface area contributed by atoms with Crippen molar-refractivity contribution in [3.8, 4) is 0 Å². The zero-order chi connectivity index (χ0) is 44.9. The number of aliphatic imine (C=N–C) groups is 2. The van der Waals surface area contributed by atoms with Crippen LogP contribution in [0.15, 0.2) is 82.8 Å². The largest absolute Gasteiger partial charge is 0.251 e. The van der Waals surface area contributed by atoms with Crippen LogP contribution >= 0.6 is 0 Å². The number of allylic oxidation sites excluding steroid dienone is 4. The summed E-state index contributed by atoms with van der Waals surface area (Å²) in [5.74, 6) is 0. The smallest absolute Gasteiger partial charge is 0.0665 e. The third-order valence-electron chi connectivity index (χ3n) is 13.0. The molecule has 2 nitrogen and oxygen atoms in total. The molecule has 0 bridgehead atoms. The fraction of sp³-hybridized carbons (Fsp3) is 0.705. The molecule has 0 unspecified atom stereocenters. The van der Waals surface area contributed by atoms with Gasteiger partial charge in [-0.2, -0.15) is 0 Å². The molecule has 0 fully saturated rings. The van der Waals surface area contributed by atoms with Crippen LogP contribution in [0.3, 0.4) is 0 Å². The number of hydrogen-bond acceptors (Lipinski definition) is 2. The Bertz CT molecular complexity index is 1430. The van der Waals surface area contributed by atoms with Gasteiger partial charge in [-0.15, -0.1) is 0 Å². The summed E-state index contributed by atoms with van der Waals surface area (Å²) in [6, 6.07) is 18.1. The van der Waals surface area contributed by atoms with Crippen LogP contribution in [0, 0.1) is 0 Å². The predicted octanol–water partition coefficient (Wildman–Crippen LogP) is 21.2. The van der Waals surface area contributed by atoms with Crippen LogP contribution in [0.5, 0.6) is 0 Å². The van der Waals surface area contributed by atoms with E-state index in [1.54, 1.807) is 0 Å². The van der Waals surface area contributed by atoms with Gasteiger partial charge in [0.2, 0.25) is 0 Å². The van der Waals surface area contributed by atoms with Crippen LogP contribution in [0.2, 0.25) is 0 Å². The highest BCUT2D eigenvalue weighted by Gasteiger charge is 2.14. The molecule has 0 aliphatic carbocycles. The Morgan fingerprint density at radius 3 is 0.921 bits per heavy atom. The van der Waals surface area contributed by atoms with Gasteiger partial charge in [0.1, 0.15) is 0 Å². The first-order chi connectivity index (χ1) is 31.2. The molecular weight excluding hydrogens is 761 g/mol. The average Bonchev–Trinajstić information content (AvgIpc) is 3.30. The molecule has 0 spiro atoms. The van der Waals surface area contributed by atoms with Crippen molar-refractivity contribution in [1.29, 1.82) is 0 Å². The highest BCUT2D eigenvalue weighted by Crippen LogP contribution is 2.27. The van der Waals surface area contributed by atoms with E-state index >= 15 is 0 Å².